The van der Waals surface area contributed by atoms with Crippen LogP contribution in [0.4, 0.5) is 0 Å². The maximum Gasteiger partial charge on any atom is 0.339 e. The number of rotatable bonds is 8. The summed E-state index contributed by atoms with van der Waals surface area (Å²) < 4.78 is 10.8. The molecule has 0 saturated carbocycles. The summed E-state index contributed by atoms with van der Waals surface area (Å²) in [6.45, 7) is 0.832. The van der Waals surface area contributed by atoms with Gasteiger partial charge in [-0.15, -0.1) is 11.8 Å². The minimum Gasteiger partial charge on any atom is -0.452 e. The van der Waals surface area contributed by atoms with E-state index in [9.17, 15) is 9.59 Å². The van der Waals surface area contributed by atoms with Gasteiger partial charge in [-0.25, -0.2) is 4.79 Å². The lowest BCUT2D eigenvalue weighted by Crippen LogP contribution is -2.28. The maximum atomic E-state index is 12.4. The highest BCUT2D eigenvalue weighted by Gasteiger charge is 2.19. The first-order valence-corrected chi connectivity index (χ1v) is 10.5. The van der Waals surface area contributed by atoms with Gasteiger partial charge in [0.2, 0.25) is 0 Å². The number of hydrogen-bond acceptors (Lipinski definition) is 5. The van der Waals surface area contributed by atoms with Gasteiger partial charge >= 0.3 is 5.97 Å². The maximum absolute atomic E-state index is 12.4. The van der Waals surface area contributed by atoms with E-state index >= 15 is 0 Å². The number of nitrogens with one attached hydrogen (secondary N) is 1. The lowest BCUT2D eigenvalue weighted by Gasteiger charge is -2.12. The second-order valence-corrected chi connectivity index (χ2v) is 7.92. The largest absolute Gasteiger partial charge is 0.452 e. The molecular weight excluding hydrogens is 398 g/mol. The number of esters is 1. The molecule has 2 aromatic carbocycles. The van der Waals surface area contributed by atoms with Crippen molar-refractivity contribution >= 4 is 35.2 Å². The fourth-order valence-corrected chi connectivity index (χ4v) is 4.02. The Morgan fingerprint density at radius 1 is 1.18 bits per heavy atom. The van der Waals surface area contributed by atoms with Crippen molar-refractivity contribution in [1.29, 1.82) is 0 Å². The molecule has 0 unspecified atom stereocenters. The third-order valence-corrected chi connectivity index (χ3v) is 5.75. The van der Waals surface area contributed by atoms with Crippen LogP contribution in [0.1, 0.15) is 28.8 Å². The molecule has 2 aromatic rings. The lowest BCUT2D eigenvalue weighted by atomic mass is 10.2. The van der Waals surface area contributed by atoms with Crippen LogP contribution in [0.2, 0.25) is 5.02 Å². The summed E-state index contributed by atoms with van der Waals surface area (Å²) in [5.41, 5.74) is 1.39. The van der Waals surface area contributed by atoms with Crippen molar-refractivity contribution in [2.75, 3.05) is 19.0 Å². The molecule has 1 amide bonds. The number of hydrogen-bond donors (Lipinski definition) is 1. The average Bonchev–Trinajstić information content (AvgIpc) is 3.24. The van der Waals surface area contributed by atoms with Gasteiger partial charge < -0.3 is 14.8 Å². The highest BCUT2D eigenvalue weighted by molar-refractivity contribution is 7.99. The highest BCUT2D eigenvalue weighted by atomic mass is 35.5. The summed E-state index contributed by atoms with van der Waals surface area (Å²) >= 11 is 7.41. The van der Waals surface area contributed by atoms with Crippen LogP contribution < -0.4 is 5.32 Å². The van der Waals surface area contributed by atoms with Crippen LogP contribution in [0.3, 0.4) is 0 Å². The number of benzene rings is 2. The summed E-state index contributed by atoms with van der Waals surface area (Å²) in [6, 6.07) is 14.4. The van der Waals surface area contributed by atoms with Gasteiger partial charge in [-0.3, -0.25) is 4.79 Å². The van der Waals surface area contributed by atoms with E-state index in [4.69, 9.17) is 21.1 Å². The second kappa shape index (κ2) is 10.5. The van der Waals surface area contributed by atoms with Crippen molar-refractivity contribution in [2.45, 2.75) is 30.4 Å². The smallest absolute Gasteiger partial charge is 0.339 e. The van der Waals surface area contributed by atoms with Crippen molar-refractivity contribution in [3.8, 4) is 0 Å². The Labute approximate surface area is 173 Å². The molecule has 1 fully saturated rings. The van der Waals surface area contributed by atoms with Gasteiger partial charge in [0.25, 0.3) is 5.91 Å². The first-order chi connectivity index (χ1) is 13.6. The molecule has 1 saturated heterocycles. The molecule has 28 heavy (non-hydrogen) atoms. The lowest BCUT2D eigenvalue weighted by molar-refractivity contribution is -0.124. The average molecular weight is 420 g/mol. The third kappa shape index (κ3) is 6.26. The Hall–Kier alpha value is -2.02. The third-order valence-electron chi connectivity index (χ3n) is 4.29. The van der Waals surface area contributed by atoms with E-state index in [1.807, 2.05) is 24.3 Å². The van der Waals surface area contributed by atoms with Gasteiger partial charge in [-0.1, -0.05) is 35.9 Å². The molecular formula is C21H22ClNO4S. The van der Waals surface area contributed by atoms with Gasteiger partial charge in [-0.05, 0) is 42.7 Å². The van der Waals surface area contributed by atoms with Gasteiger partial charge in [-0.2, -0.15) is 0 Å². The second-order valence-electron chi connectivity index (χ2n) is 6.42. The van der Waals surface area contributed by atoms with Crippen LogP contribution in [0, 0.1) is 0 Å². The van der Waals surface area contributed by atoms with Crippen LogP contribution in [0.25, 0.3) is 0 Å². The van der Waals surface area contributed by atoms with E-state index < -0.39 is 5.97 Å². The number of halogens is 1. The van der Waals surface area contributed by atoms with Gasteiger partial charge in [0, 0.05) is 28.8 Å². The van der Waals surface area contributed by atoms with E-state index in [0.717, 1.165) is 35.7 Å². The van der Waals surface area contributed by atoms with Crippen molar-refractivity contribution < 1.29 is 19.1 Å². The van der Waals surface area contributed by atoms with E-state index in [1.165, 1.54) is 0 Å². The summed E-state index contributed by atoms with van der Waals surface area (Å²) in [6.07, 6.45) is 2.36. The van der Waals surface area contributed by atoms with Crippen molar-refractivity contribution in [2.24, 2.45) is 0 Å². The first-order valence-electron chi connectivity index (χ1n) is 9.13. The topological polar surface area (TPSA) is 64.6 Å². The fourth-order valence-electron chi connectivity index (χ4n) is 2.78. The van der Waals surface area contributed by atoms with Crippen LogP contribution >= 0.6 is 23.4 Å². The zero-order valence-electron chi connectivity index (χ0n) is 15.4. The number of amides is 1. The van der Waals surface area contributed by atoms with Crippen LogP contribution in [-0.4, -0.2) is 36.9 Å². The Morgan fingerprint density at radius 2 is 1.96 bits per heavy atom. The molecule has 148 valence electrons. The van der Waals surface area contributed by atoms with E-state index in [1.54, 1.807) is 36.0 Å². The molecule has 1 atom stereocenters. The van der Waals surface area contributed by atoms with E-state index in [2.05, 4.69) is 5.32 Å². The molecule has 0 aliphatic carbocycles. The van der Waals surface area contributed by atoms with Crippen LogP contribution in [0.15, 0.2) is 53.4 Å². The minimum atomic E-state index is -0.503. The molecule has 1 N–H and O–H groups in total. The molecule has 1 aliphatic rings. The number of carbonyl (C=O) groups excluding carboxylic acids is 2. The SMILES string of the molecule is O=C(COC(=O)c1ccccc1SC[C@@H]1CCCO1)NCc1ccc(Cl)cc1. The molecule has 0 radical (unpaired) electrons. The molecule has 1 heterocycles. The first kappa shape index (κ1) is 20.7. The quantitative estimate of drug-likeness (QED) is 0.515. The Kier molecular flexibility index (Phi) is 7.77. The van der Waals surface area contributed by atoms with E-state index in [0.29, 0.717) is 17.1 Å². The predicted molar refractivity (Wildman–Crippen MR) is 110 cm³/mol. The van der Waals surface area contributed by atoms with Crippen molar-refractivity contribution in [3.63, 3.8) is 0 Å². The Morgan fingerprint density at radius 3 is 2.71 bits per heavy atom. The summed E-state index contributed by atoms with van der Waals surface area (Å²) in [5, 5.41) is 3.36. The zero-order chi connectivity index (χ0) is 19.8. The monoisotopic (exact) mass is 419 g/mol. The predicted octanol–water partition coefficient (Wildman–Crippen LogP) is 4.08. The zero-order valence-corrected chi connectivity index (χ0v) is 16.9. The standard InChI is InChI=1S/C21H22ClNO4S/c22-16-9-7-15(8-10-16)12-23-20(24)13-27-21(25)18-5-1-2-6-19(18)28-14-17-4-3-11-26-17/h1-2,5-10,17H,3-4,11-14H2,(H,23,24)/t17-/m0/s1. The molecule has 3 rings (SSSR count). The van der Waals surface area contributed by atoms with Gasteiger partial charge in [0.15, 0.2) is 6.61 Å². The number of ether oxygens (including phenoxy) is 2. The number of carbonyl (C=O) groups is 2. The molecule has 0 spiro atoms. The fraction of sp³-hybridized carbons (Fsp3) is 0.333. The molecule has 1 aliphatic heterocycles. The van der Waals surface area contributed by atoms with E-state index in [-0.39, 0.29) is 18.6 Å². The van der Waals surface area contributed by atoms with Crippen molar-refractivity contribution in [3.05, 3.63) is 64.7 Å². The highest BCUT2D eigenvalue weighted by Crippen LogP contribution is 2.27. The Bertz CT molecular complexity index is 806. The molecule has 7 heteroatoms. The van der Waals surface area contributed by atoms with Crippen LogP contribution in [-0.2, 0) is 20.8 Å². The minimum absolute atomic E-state index is 0.229. The van der Waals surface area contributed by atoms with Gasteiger partial charge in [0.1, 0.15) is 0 Å². The number of thioether (sulfide) groups is 1. The van der Waals surface area contributed by atoms with Crippen LogP contribution in [0.5, 0.6) is 0 Å². The van der Waals surface area contributed by atoms with Gasteiger partial charge in [0.05, 0.1) is 11.7 Å². The molecule has 0 bridgehead atoms. The summed E-state index contributed by atoms with van der Waals surface area (Å²) in [7, 11) is 0. The van der Waals surface area contributed by atoms with Crippen molar-refractivity contribution in [1.82, 2.24) is 5.32 Å². The molecule has 5 nitrogen and oxygen atoms in total. The Balaban J connectivity index is 1.47. The summed E-state index contributed by atoms with van der Waals surface area (Å²) in [4.78, 5) is 25.2. The normalized spacial score (nSPS) is 16.0. The summed E-state index contributed by atoms with van der Waals surface area (Å²) in [5.74, 6) is -0.0591. The molecule has 0 aromatic heterocycles.